The van der Waals surface area contributed by atoms with E-state index < -0.39 is 0 Å². The van der Waals surface area contributed by atoms with E-state index in [4.69, 9.17) is 0 Å². The van der Waals surface area contributed by atoms with E-state index in [0.717, 1.165) is 22.8 Å². The lowest BCUT2D eigenvalue weighted by Crippen LogP contribution is -2.01. The maximum atomic E-state index is 4.39. The van der Waals surface area contributed by atoms with Crippen molar-refractivity contribution >= 4 is 0 Å². The van der Waals surface area contributed by atoms with E-state index in [1.807, 2.05) is 59.2 Å². The van der Waals surface area contributed by atoms with Gasteiger partial charge in [-0.05, 0) is 30.3 Å². The molecule has 1 aromatic carbocycles. The van der Waals surface area contributed by atoms with E-state index in [9.17, 15) is 0 Å². The van der Waals surface area contributed by atoms with Crippen molar-refractivity contribution in [3.8, 4) is 28.6 Å². The summed E-state index contributed by atoms with van der Waals surface area (Å²) in [6.45, 7) is 0. The molecule has 109 valence electrons. The molecule has 0 aliphatic rings. The zero-order valence-electron chi connectivity index (χ0n) is 12.2. The summed E-state index contributed by atoms with van der Waals surface area (Å²) < 4.78 is 1.97. The summed E-state index contributed by atoms with van der Waals surface area (Å²) in [6.07, 6.45) is 5.24. The quantitative estimate of drug-likeness (QED) is 0.583. The van der Waals surface area contributed by atoms with Gasteiger partial charge in [-0.1, -0.05) is 30.3 Å². The molecule has 4 aromatic rings. The third kappa shape index (κ3) is 2.48. The summed E-state index contributed by atoms with van der Waals surface area (Å²) in [5, 5.41) is 8.71. The summed E-state index contributed by atoms with van der Waals surface area (Å²) in [7, 11) is 0. The van der Waals surface area contributed by atoms with Crippen molar-refractivity contribution in [2.24, 2.45) is 0 Å². The molecule has 1 radical (unpaired) electrons. The molecule has 0 atom stereocenters. The van der Waals surface area contributed by atoms with Crippen LogP contribution in [0.15, 0.2) is 73.2 Å². The molecular weight excluding hydrogens is 286 g/mol. The summed E-state index contributed by atoms with van der Waals surface area (Å²) in [5.74, 6) is 1.40. The Bertz CT molecular complexity index is 845. The van der Waals surface area contributed by atoms with Gasteiger partial charge in [-0.15, -0.1) is 10.2 Å². The third-order valence-corrected chi connectivity index (χ3v) is 3.43. The maximum Gasteiger partial charge on any atom is 0.187 e. The van der Waals surface area contributed by atoms with E-state index >= 15 is 0 Å². The van der Waals surface area contributed by atoms with Gasteiger partial charge in [0.15, 0.2) is 11.6 Å². The Kier molecular flexibility index (Phi) is 3.37. The summed E-state index contributed by atoms with van der Waals surface area (Å²) in [6, 6.07) is 20.5. The van der Waals surface area contributed by atoms with Crippen molar-refractivity contribution in [2.45, 2.75) is 0 Å². The van der Waals surface area contributed by atoms with E-state index in [-0.39, 0.29) is 0 Å². The zero-order chi connectivity index (χ0) is 15.5. The number of hydrogen-bond donors (Lipinski definition) is 0. The highest BCUT2D eigenvalue weighted by atomic mass is 15.3. The molecule has 23 heavy (non-hydrogen) atoms. The van der Waals surface area contributed by atoms with Crippen LogP contribution in [0.3, 0.4) is 0 Å². The Morgan fingerprint density at radius 2 is 1.61 bits per heavy atom. The fourth-order valence-corrected chi connectivity index (χ4v) is 2.39. The van der Waals surface area contributed by atoms with Crippen LogP contribution in [0.4, 0.5) is 0 Å². The van der Waals surface area contributed by atoms with E-state index in [0.29, 0.717) is 5.82 Å². The Labute approximate surface area is 133 Å². The Morgan fingerprint density at radius 3 is 2.35 bits per heavy atom. The molecule has 0 bridgehead atoms. The Hall–Kier alpha value is -3.34. The minimum atomic E-state index is 0.684. The van der Waals surface area contributed by atoms with Crippen molar-refractivity contribution in [1.82, 2.24) is 24.7 Å². The molecular formula is C18H12N5. The lowest BCUT2D eigenvalue weighted by Gasteiger charge is -2.09. The van der Waals surface area contributed by atoms with Gasteiger partial charge >= 0.3 is 0 Å². The van der Waals surface area contributed by atoms with Gasteiger partial charge in [0.25, 0.3) is 0 Å². The van der Waals surface area contributed by atoms with E-state index in [1.54, 1.807) is 18.6 Å². The fraction of sp³-hybridized carbons (Fsp3) is 0. The van der Waals surface area contributed by atoms with Crippen LogP contribution in [0.2, 0.25) is 0 Å². The first-order valence-corrected chi connectivity index (χ1v) is 7.18. The first-order valence-electron chi connectivity index (χ1n) is 7.18. The topological polar surface area (TPSA) is 56.5 Å². The molecule has 3 heterocycles. The molecule has 0 aliphatic heterocycles. The van der Waals surface area contributed by atoms with Gasteiger partial charge < -0.3 is 0 Å². The standard InChI is InChI=1S/C18H12N5/c1-2-6-14(7-3-1)17-21-22-18(16-8-4-5-11-20-16)23(17)15-9-12-19-13-10-15/h1-6,8-13H. The minimum Gasteiger partial charge on any atom is -0.274 e. The number of pyridine rings is 2. The third-order valence-electron chi connectivity index (χ3n) is 3.43. The maximum absolute atomic E-state index is 4.39. The van der Waals surface area contributed by atoms with Crippen LogP contribution in [0.1, 0.15) is 0 Å². The van der Waals surface area contributed by atoms with Crippen LogP contribution in [0.5, 0.6) is 0 Å². The zero-order valence-corrected chi connectivity index (χ0v) is 12.2. The van der Waals surface area contributed by atoms with E-state index in [2.05, 4.69) is 26.2 Å². The first kappa shape index (κ1) is 13.3. The molecule has 0 aliphatic carbocycles. The predicted octanol–water partition coefficient (Wildman–Crippen LogP) is 3.19. The van der Waals surface area contributed by atoms with E-state index in [1.165, 1.54) is 0 Å². The van der Waals surface area contributed by atoms with Gasteiger partial charge in [-0.2, -0.15) is 0 Å². The van der Waals surface area contributed by atoms with Gasteiger partial charge in [0.05, 0.1) is 5.69 Å². The molecule has 0 N–H and O–H groups in total. The lowest BCUT2D eigenvalue weighted by atomic mass is 10.2. The molecule has 0 spiro atoms. The molecule has 0 fully saturated rings. The van der Waals surface area contributed by atoms with Gasteiger partial charge in [0.1, 0.15) is 5.69 Å². The van der Waals surface area contributed by atoms with Crippen molar-refractivity contribution in [3.63, 3.8) is 0 Å². The molecule has 5 nitrogen and oxygen atoms in total. The Morgan fingerprint density at radius 1 is 0.783 bits per heavy atom. The molecule has 0 amide bonds. The van der Waals surface area contributed by atoms with Gasteiger partial charge in [0.2, 0.25) is 0 Å². The van der Waals surface area contributed by atoms with Crippen molar-refractivity contribution in [1.29, 1.82) is 0 Å². The average Bonchev–Trinajstić information content (AvgIpc) is 3.09. The van der Waals surface area contributed by atoms with Crippen molar-refractivity contribution in [3.05, 3.63) is 79.3 Å². The van der Waals surface area contributed by atoms with Crippen LogP contribution < -0.4 is 0 Å². The minimum absolute atomic E-state index is 0.684. The molecule has 5 heteroatoms. The number of aromatic nitrogens is 5. The molecule has 3 aromatic heterocycles. The second kappa shape index (κ2) is 5.81. The molecule has 4 rings (SSSR count). The van der Waals surface area contributed by atoms with Crippen LogP contribution in [-0.4, -0.2) is 24.7 Å². The van der Waals surface area contributed by atoms with Crippen molar-refractivity contribution in [2.75, 3.05) is 0 Å². The summed E-state index contributed by atoms with van der Waals surface area (Å²) in [4.78, 5) is 8.48. The number of nitrogens with zero attached hydrogens (tertiary/aromatic N) is 5. The van der Waals surface area contributed by atoms with Crippen LogP contribution in [0, 0.1) is 6.07 Å². The van der Waals surface area contributed by atoms with Gasteiger partial charge in [-0.25, -0.2) is 0 Å². The summed E-state index contributed by atoms with van der Waals surface area (Å²) in [5.41, 5.74) is 2.57. The monoisotopic (exact) mass is 298 g/mol. The smallest absolute Gasteiger partial charge is 0.187 e. The lowest BCUT2D eigenvalue weighted by molar-refractivity contribution is 1.05. The fourth-order valence-electron chi connectivity index (χ4n) is 2.39. The number of hydrogen-bond acceptors (Lipinski definition) is 4. The van der Waals surface area contributed by atoms with Gasteiger partial charge in [-0.3, -0.25) is 14.5 Å². The molecule has 0 unspecified atom stereocenters. The average molecular weight is 298 g/mol. The SMILES string of the molecule is [c]1ccccc1-c1nnc(-c2ccccn2)n1-c1ccncc1. The largest absolute Gasteiger partial charge is 0.274 e. The predicted molar refractivity (Wildman–Crippen MR) is 86.7 cm³/mol. The second-order valence-corrected chi connectivity index (χ2v) is 4.88. The van der Waals surface area contributed by atoms with Crippen LogP contribution in [0.25, 0.3) is 28.6 Å². The Balaban J connectivity index is 1.97. The molecule has 0 saturated heterocycles. The van der Waals surface area contributed by atoms with Crippen LogP contribution in [-0.2, 0) is 0 Å². The number of benzene rings is 1. The highest BCUT2D eigenvalue weighted by Gasteiger charge is 2.17. The molecule has 0 saturated carbocycles. The highest BCUT2D eigenvalue weighted by Crippen LogP contribution is 2.26. The van der Waals surface area contributed by atoms with Crippen molar-refractivity contribution < 1.29 is 0 Å². The number of rotatable bonds is 3. The van der Waals surface area contributed by atoms with Crippen LogP contribution >= 0.6 is 0 Å². The summed E-state index contributed by atoms with van der Waals surface area (Å²) >= 11 is 0. The van der Waals surface area contributed by atoms with Gasteiger partial charge in [0, 0.05) is 24.2 Å². The highest BCUT2D eigenvalue weighted by molar-refractivity contribution is 5.64. The first-order chi connectivity index (χ1) is 11.4. The second-order valence-electron chi connectivity index (χ2n) is 4.88. The normalized spacial score (nSPS) is 10.6.